The summed E-state index contributed by atoms with van der Waals surface area (Å²) in [6, 6.07) is 0. The highest BCUT2D eigenvalue weighted by atomic mass is 16.3. The van der Waals surface area contributed by atoms with Gasteiger partial charge in [0.25, 0.3) is 0 Å². The van der Waals surface area contributed by atoms with Crippen molar-refractivity contribution in [2.24, 2.45) is 10.8 Å². The first-order valence-corrected chi connectivity index (χ1v) is 8.60. The molecule has 0 amide bonds. The van der Waals surface area contributed by atoms with Crippen LogP contribution in [0.1, 0.15) is 55.4 Å². The van der Waals surface area contributed by atoms with E-state index in [4.69, 9.17) is 0 Å². The molecular weight excluding hydrogens is 296 g/mol. The number of carbonyl (C=O) groups is 1. The maximum absolute atomic E-state index is 12.5. The van der Waals surface area contributed by atoms with Crippen LogP contribution < -0.4 is 0 Å². The second kappa shape index (κ2) is 6.00. The van der Waals surface area contributed by atoms with Crippen LogP contribution in [0.4, 0.5) is 0 Å². The van der Waals surface area contributed by atoms with Gasteiger partial charge in [-0.3, -0.25) is 4.79 Å². The fraction of sp³-hybridized carbons (Fsp3) is 0.500. The highest BCUT2D eigenvalue weighted by molar-refractivity contribution is 6.10. The van der Waals surface area contributed by atoms with Crippen LogP contribution >= 0.6 is 0 Å². The highest BCUT2D eigenvalue weighted by Gasteiger charge is 2.30. The average Bonchev–Trinajstić information content (AvgIpc) is 2.41. The molecule has 1 unspecified atom stereocenters. The smallest absolute Gasteiger partial charge is 0.185 e. The molecule has 0 bridgehead atoms. The van der Waals surface area contributed by atoms with Crippen molar-refractivity contribution in [3.63, 3.8) is 0 Å². The number of Topliss-reactive ketones (excluding diaryl/α,β-unsaturated/α-hetero) is 1. The largest absolute Gasteiger partial charge is 0.384 e. The number of hydrogen-bond donors (Lipinski definition) is 1. The fourth-order valence-corrected chi connectivity index (χ4v) is 3.15. The summed E-state index contributed by atoms with van der Waals surface area (Å²) in [6.07, 6.45) is 7.57. The molecule has 1 atom stereocenters. The lowest BCUT2D eigenvalue weighted by atomic mass is 9.75. The molecule has 0 aromatic carbocycles. The van der Waals surface area contributed by atoms with Crippen LogP contribution in [0.5, 0.6) is 0 Å². The first-order valence-electron chi connectivity index (χ1n) is 8.60. The molecule has 0 aromatic rings. The maximum atomic E-state index is 12.5. The number of ketones is 1. The molecule has 0 aromatic heterocycles. The van der Waals surface area contributed by atoms with E-state index in [1.807, 2.05) is 32.1 Å². The number of allylic oxidation sites excluding steroid dienone is 8. The summed E-state index contributed by atoms with van der Waals surface area (Å²) in [5.41, 5.74) is 5.38. The normalized spacial score (nSPS) is 25.9. The minimum atomic E-state index is -0.532. The molecule has 0 fully saturated rings. The first-order chi connectivity index (χ1) is 10.8. The Kier molecular flexibility index (Phi) is 4.67. The number of rotatable bonds is 0. The van der Waals surface area contributed by atoms with E-state index in [2.05, 4.69) is 47.6 Å². The van der Waals surface area contributed by atoms with Gasteiger partial charge in [-0.2, -0.15) is 0 Å². The predicted molar refractivity (Wildman–Crippen MR) is 101 cm³/mol. The Bertz CT molecular complexity index is 723. The lowest BCUT2D eigenvalue weighted by molar-refractivity contribution is -0.113. The Morgan fingerprint density at radius 3 is 1.88 bits per heavy atom. The minimum absolute atomic E-state index is 0.111. The average molecular weight is 326 g/mol. The number of hydrogen-bond acceptors (Lipinski definition) is 2. The van der Waals surface area contributed by atoms with Crippen LogP contribution in [0.3, 0.4) is 0 Å². The minimum Gasteiger partial charge on any atom is -0.384 e. The van der Waals surface area contributed by atoms with Crippen LogP contribution in [0.2, 0.25) is 0 Å². The van der Waals surface area contributed by atoms with Gasteiger partial charge in [0, 0.05) is 5.57 Å². The first kappa shape index (κ1) is 18.7. The van der Waals surface area contributed by atoms with Gasteiger partial charge in [-0.25, -0.2) is 0 Å². The molecule has 2 aliphatic rings. The molecule has 130 valence electrons. The molecule has 2 rings (SSSR count). The van der Waals surface area contributed by atoms with E-state index in [-0.39, 0.29) is 16.6 Å². The van der Waals surface area contributed by atoms with Crippen molar-refractivity contribution >= 4 is 5.78 Å². The van der Waals surface area contributed by atoms with Crippen LogP contribution in [0, 0.1) is 10.8 Å². The summed E-state index contributed by atoms with van der Waals surface area (Å²) < 4.78 is 0. The van der Waals surface area contributed by atoms with Gasteiger partial charge >= 0.3 is 0 Å². The summed E-state index contributed by atoms with van der Waals surface area (Å²) >= 11 is 0. The predicted octanol–water partition coefficient (Wildman–Crippen LogP) is 5.08. The highest BCUT2D eigenvalue weighted by Crippen LogP contribution is 2.38. The molecule has 24 heavy (non-hydrogen) atoms. The maximum Gasteiger partial charge on any atom is 0.185 e. The van der Waals surface area contributed by atoms with Crippen molar-refractivity contribution in [3.05, 3.63) is 57.7 Å². The second-order valence-electron chi connectivity index (χ2n) is 9.02. The van der Waals surface area contributed by atoms with Gasteiger partial charge in [-0.1, -0.05) is 53.7 Å². The standard InChI is InChI=1S/C22H30O2/c1-13-9-15(11-17(19(13)23)21(3,4)5)16-10-14(2)20(24)18(12-16)22(6,7)8/h9-12,19,23H,1-8H3. The van der Waals surface area contributed by atoms with Crippen molar-refractivity contribution in [1.82, 2.24) is 0 Å². The van der Waals surface area contributed by atoms with Crippen molar-refractivity contribution in [2.45, 2.75) is 61.5 Å². The zero-order chi connectivity index (χ0) is 18.4. The van der Waals surface area contributed by atoms with Gasteiger partial charge in [0.15, 0.2) is 5.78 Å². The molecule has 2 aliphatic carbocycles. The second-order valence-corrected chi connectivity index (χ2v) is 9.02. The Labute approximate surface area is 146 Å². The van der Waals surface area contributed by atoms with Crippen LogP contribution in [-0.2, 0) is 4.79 Å². The summed E-state index contributed by atoms with van der Waals surface area (Å²) in [4.78, 5) is 12.5. The zero-order valence-corrected chi connectivity index (χ0v) is 16.2. The van der Waals surface area contributed by atoms with E-state index < -0.39 is 6.10 Å². The van der Waals surface area contributed by atoms with Crippen molar-refractivity contribution < 1.29 is 9.90 Å². The summed E-state index contributed by atoms with van der Waals surface area (Å²) in [6.45, 7) is 16.4. The molecule has 0 saturated heterocycles. The van der Waals surface area contributed by atoms with E-state index >= 15 is 0 Å². The molecule has 2 heteroatoms. The Morgan fingerprint density at radius 1 is 0.833 bits per heavy atom. The van der Waals surface area contributed by atoms with E-state index in [9.17, 15) is 9.90 Å². The van der Waals surface area contributed by atoms with Gasteiger partial charge in [0.05, 0.1) is 6.10 Å². The molecular formula is C22H30O2. The molecule has 0 radical (unpaired) electrons. The number of aliphatic hydroxyl groups is 1. The lowest BCUT2D eigenvalue weighted by Gasteiger charge is -2.32. The molecule has 0 saturated carbocycles. The molecule has 0 spiro atoms. The van der Waals surface area contributed by atoms with Gasteiger partial charge in [-0.15, -0.1) is 0 Å². The Hall–Kier alpha value is -1.67. The third kappa shape index (κ3) is 3.54. The Morgan fingerprint density at radius 2 is 1.38 bits per heavy atom. The van der Waals surface area contributed by atoms with E-state index in [1.54, 1.807) is 0 Å². The van der Waals surface area contributed by atoms with Gasteiger partial charge in [0.1, 0.15) is 0 Å². The third-order valence-corrected chi connectivity index (χ3v) is 4.70. The molecule has 1 N–H and O–H groups in total. The lowest BCUT2D eigenvalue weighted by Crippen LogP contribution is -2.26. The van der Waals surface area contributed by atoms with Crippen molar-refractivity contribution in [3.8, 4) is 0 Å². The van der Waals surface area contributed by atoms with Crippen LogP contribution in [-0.4, -0.2) is 17.0 Å². The fourth-order valence-electron chi connectivity index (χ4n) is 3.15. The van der Waals surface area contributed by atoms with Crippen molar-refractivity contribution in [2.75, 3.05) is 0 Å². The molecule has 0 aliphatic heterocycles. The quantitative estimate of drug-likeness (QED) is 0.674. The van der Waals surface area contributed by atoms with E-state index in [1.165, 1.54) is 0 Å². The van der Waals surface area contributed by atoms with Crippen LogP contribution in [0.25, 0.3) is 0 Å². The summed E-state index contributed by atoms with van der Waals surface area (Å²) in [5.74, 6) is 0.128. The van der Waals surface area contributed by atoms with Crippen molar-refractivity contribution in [1.29, 1.82) is 0 Å². The topological polar surface area (TPSA) is 37.3 Å². The molecule has 2 nitrogen and oxygen atoms in total. The van der Waals surface area contributed by atoms with Gasteiger partial charge in [-0.05, 0) is 64.7 Å². The monoisotopic (exact) mass is 326 g/mol. The Balaban J connectivity index is 2.68. The number of carbonyl (C=O) groups excluding carboxylic acids is 1. The van der Waals surface area contributed by atoms with Gasteiger partial charge < -0.3 is 5.11 Å². The van der Waals surface area contributed by atoms with E-state index in [0.29, 0.717) is 0 Å². The molecule has 0 heterocycles. The zero-order valence-electron chi connectivity index (χ0n) is 16.2. The van der Waals surface area contributed by atoms with Gasteiger partial charge in [0.2, 0.25) is 0 Å². The number of aliphatic hydroxyl groups excluding tert-OH is 1. The summed E-state index contributed by atoms with van der Waals surface area (Å²) in [5, 5.41) is 10.5. The SMILES string of the molecule is CC1=CC(=C2C=C(C)C(O)C(C(C)(C)C)=C2)C=C(C(C)(C)C)C1=O. The van der Waals surface area contributed by atoms with Crippen LogP contribution in [0.15, 0.2) is 57.7 Å². The third-order valence-electron chi connectivity index (χ3n) is 4.70. The summed E-state index contributed by atoms with van der Waals surface area (Å²) in [7, 11) is 0. The van der Waals surface area contributed by atoms with E-state index in [0.717, 1.165) is 33.4 Å².